The van der Waals surface area contributed by atoms with Crippen LogP contribution < -0.4 is 15.9 Å². The van der Waals surface area contributed by atoms with E-state index in [4.69, 9.17) is 16.2 Å². The fourth-order valence-corrected chi connectivity index (χ4v) is 9.92. The second kappa shape index (κ2) is 7.51. The van der Waals surface area contributed by atoms with Crippen molar-refractivity contribution in [2.45, 2.75) is 13.1 Å². The molecule has 3 heteroatoms. The average molecular weight is 404 g/mol. The molecule has 28 heavy (non-hydrogen) atoms. The molecule has 0 aliphatic rings. The van der Waals surface area contributed by atoms with E-state index in [9.17, 15) is 0 Å². The van der Waals surface area contributed by atoms with Gasteiger partial charge in [-0.25, -0.2) is 0 Å². The molecular formula is C25H23ClNP. The summed E-state index contributed by atoms with van der Waals surface area (Å²) in [6.07, 6.45) is 0.673. The topological polar surface area (TPSA) is 12.9 Å². The molecule has 0 bridgehead atoms. The van der Waals surface area contributed by atoms with Crippen LogP contribution in [0.3, 0.4) is 0 Å². The predicted octanol–water partition coefficient (Wildman–Crippen LogP) is 5.57. The van der Waals surface area contributed by atoms with Gasteiger partial charge >= 0.3 is 172 Å². The van der Waals surface area contributed by atoms with Crippen molar-refractivity contribution in [2.24, 2.45) is 0 Å². The minimum atomic E-state index is -3.29. The van der Waals surface area contributed by atoms with Crippen LogP contribution in [0.5, 0.6) is 0 Å². The van der Waals surface area contributed by atoms with Gasteiger partial charge in [0.05, 0.1) is 0 Å². The Labute approximate surface area is 171 Å². The van der Waals surface area contributed by atoms with Crippen molar-refractivity contribution in [1.29, 1.82) is 0 Å². The monoisotopic (exact) mass is 403 g/mol. The van der Waals surface area contributed by atoms with E-state index in [1.54, 1.807) is 0 Å². The number of halogens is 1. The standard InChI is InChI=1S/C25H23ClNP/c1-21-12-11-13-22(27-21)20-28(26,23-14-5-2-6-15-23,24-16-7-3-8-17-24)25-18-9-4-10-19-25/h2-19H,20H2,1H3. The molecular weight excluding hydrogens is 381 g/mol. The molecule has 0 atom stereocenters. The SMILES string of the molecule is Cc1cccc(CP(Cl)(c2ccccc2)(c2ccccc2)c2ccccc2)n1. The van der Waals surface area contributed by atoms with Crippen molar-refractivity contribution < 1.29 is 0 Å². The summed E-state index contributed by atoms with van der Waals surface area (Å²) >= 11 is 8.05. The Hall–Kier alpha value is -2.47. The fourth-order valence-electron chi connectivity index (χ4n) is 3.93. The number of nitrogens with zero attached hydrogens (tertiary/aromatic N) is 1. The van der Waals surface area contributed by atoms with Crippen LogP contribution in [0, 0.1) is 6.92 Å². The summed E-state index contributed by atoms with van der Waals surface area (Å²) in [5.41, 5.74) is 2.03. The summed E-state index contributed by atoms with van der Waals surface area (Å²) in [4.78, 5) is 4.83. The quantitative estimate of drug-likeness (QED) is 0.397. The maximum absolute atomic E-state index is 8.05. The number of benzene rings is 3. The van der Waals surface area contributed by atoms with Crippen LogP contribution in [-0.2, 0) is 6.16 Å². The van der Waals surface area contributed by atoms with Crippen LogP contribution in [0.2, 0.25) is 0 Å². The van der Waals surface area contributed by atoms with E-state index in [0.29, 0.717) is 6.16 Å². The maximum atomic E-state index is 8.05. The summed E-state index contributed by atoms with van der Waals surface area (Å²) in [6.45, 7) is 2.03. The van der Waals surface area contributed by atoms with Crippen LogP contribution in [0.15, 0.2) is 109 Å². The van der Waals surface area contributed by atoms with E-state index in [1.807, 2.05) is 31.2 Å². The first kappa shape index (κ1) is 18.9. The number of hydrogen-bond acceptors (Lipinski definition) is 1. The van der Waals surface area contributed by atoms with E-state index in [1.165, 1.54) is 0 Å². The second-order valence-corrected chi connectivity index (χ2v) is 13.6. The molecule has 0 N–H and O–H groups in total. The van der Waals surface area contributed by atoms with E-state index in [0.717, 1.165) is 27.3 Å². The van der Waals surface area contributed by atoms with Gasteiger partial charge in [-0.1, -0.05) is 0 Å². The van der Waals surface area contributed by atoms with Gasteiger partial charge in [-0.05, 0) is 0 Å². The molecule has 0 saturated heterocycles. The van der Waals surface area contributed by atoms with E-state index >= 15 is 0 Å². The molecule has 4 rings (SSSR count). The molecule has 1 nitrogen and oxygen atoms in total. The van der Waals surface area contributed by atoms with Gasteiger partial charge in [-0.3, -0.25) is 0 Å². The summed E-state index contributed by atoms with van der Waals surface area (Å²) in [7, 11) is 0. The predicted molar refractivity (Wildman–Crippen MR) is 124 cm³/mol. The minimum absolute atomic E-state index is 0.673. The van der Waals surface area contributed by atoms with Crippen LogP contribution >= 0.6 is 17.2 Å². The Morgan fingerprint density at radius 2 is 1.04 bits per heavy atom. The number of pyridine rings is 1. The molecule has 4 aromatic rings. The molecule has 1 heterocycles. The van der Waals surface area contributed by atoms with Crippen molar-refractivity contribution >= 4 is 33.1 Å². The first-order valence-electron chi connectivity index (χ1n) is 9.43. The first-order chi connectivity index (χ1) is 13.6. The van der Waals surface area contributed by atoms with Crippen molar-refractivity contribution in [3.63, 3.8) is 0 Å². The van der Waals surface area contributed by atoms with Gasteiger partial charge in [0, 0.05) is 0 Å². The zero-order chi connectivity index (χ0) is 19.5. The fraction of sp³-hybridized carbons (Fsp3) is 0.0800. The molecule has 0 radical (unpaired) electrons. The Morgan fingerprint density at radius 1 is 0.607 bits per heavy atom. The van der Waals surface area contributed by atoms with Crippen molar-refractivity contribution in [3.05, 3.63) is 121 Å². The number of rotatable bonds is 5. The molecule has 0 amide bonds. The Balaban J connectivity index is 2.09. The third-order valence-corrected chi connectivity index (χ3v) is 12.4. The van der Waals surface area contributed by atoms with Gasteiger partial charge in [0.15, 0.2) is 0 Å². The molecule has 3 aromatic carbocycles. The second-order valence-electron chi connectivity index (χ2n) is 7.12. The van der Waals surface area contributed by atoms with Crippen molar-refractivity contribution in [2.75, 3.05) is 0 Å². The number of aromatic nitrogens is 1. The van der Waals surface area contributed by atoms with Crippen LogP contribution in [0.1, 0.15) is 11.4 Å². The van der Waals surface area contributed by atoms with E-state index in [2.05, 4.69) is 84.9 Å². The first-order valence-corrected chi connectivity index (χ1v) is 12.8. The van der Waals surface area contributed by atoms with Gasteiger partial charge in [-0.2, -0.15) is 0 Å². The number of hydrogen-bond donors (Lipinski definition) is 0. The zero-order valence-corrected chi connectivity index (χ0v) is 17.5. The molecule has 1 aromatic heterocycles. The Bertz CT molecular complexity index is 966. The van der Waals surface area contributed by atoms with Crippen LogP contribution in [0.4, 0.5) is 0 Å². The third-order valence-electron chi connectivity index (χ3n) is 5.29. The molecule has 0 aliphatic heterocycles. The molecule has 0 fully saturated rings. The summed E-state index contributed by atoms with van der Waals surface area (Å²) in [5.74, 6) is -3.29. The molecule has 0 aliphatic carbocycles. The van der Waals surface area contributed by atoms with Gasteiger partial charge in [0.25, 0.3) is 0 Å². The van der Waals surface area contributed by atoms with E-state index < -0.39 is 5.96 Å². The van der Waals surface area contributed by atoms with Gasteiger partial charge in [0.1, 0.15) is 0 Å². The van der Waals surface area contributed by atoms with Crippen molar-refractivity contribution in [3.8, 4) is 0 Å². The summed E-state index contributed by atoms with van der Waals surface area (Å²) in [5, 5.41) is 3.49. The van der Waals surface area contributed by atoms with Crippen LogP contribution in [-0.4, -0.2) is 4.98 Å². The van der Waals surface area contributed by atoms with E-state index in [-0.39, 0.29) is 0 Å². The Morgan fingerprint density at radius 3 is 1.43 bits per heavy atom. The molecule has 0 saturated carbocycles. The molecule has 0 spiro atoms. The number of aryl methyl sites for hydroxylation is 1. The third kappa shape index (κ3) is 3.15. The van der Waals surface area contributed by atoms with Gasteiger partial charge in [0.2, 0.25) is 0 Å². The van der Waals surface area contributed by atoms with Crippen LogP contribution in [0.25, 0.3) is 0 Å². The molecule has 140 valence electrons. The van der Waals surface area contributed by atoms with Crippen molar-refractivity contribution in [1.82, 2.24) is 4.98 Å². The summed E-state index contributed by atoms with van der Waals surface area (Å²) < 4.78 is 0. The zero-order valence-electron chi connectivity index (χ0n) is 15.9. The summed E-state index contributed by atoms with van der Waals surface area (Å²) in [6, 6.07) is 37.8. The van der Waals surface area contributed by atoms with Gasteiger partial charge in [-0.15, -0.1) is 0 Å². The normalized spacial score (nSPS) is 12.9. The van der Waals surface area contributed by atoms with Gasteiger partial charge < -0.3 is 0 Å². The average Bonchev–Trinajstić information content (AvgIpc) is 2.76. The molecule has 0 unspecified atom stereocenters. The Kier molecular flexibility index (Phi) is 5.06.